The van der Waals surface area contributed by atoms with Gasteiger partial charge in [-0.05, 0) is 24.6 Å². The van der Waals surface area contributed by atoms with Gasteiger partial charge >= 0.3 is 12.4 Å². The molecule has 0 atom stereocenters. The molecule has 0 fully saturated rings. The van der Waals surface area contributed by atoms with Crippen molar-refractivity contribution < 1.29 is 31.1 Å². The van der Waals surface area contributed by atoms with Crippen LogP contribution in [0.3, 0.4) is 0 Å². The van der Waals surface area contributed by atoms with E-state index in [1.165, 1.54) is 0 Å². The molecule has 0 aliphatic heterocycles. The first-order valence-corrected chi connectivity index (χ1v) is 5.82. The quantitative estimate of drug-likeness (QED) is 0.509. The van der Waals surface area contributed by atoms with Crippen LogP contribution in [0.2, 0.25) is 0 Å². The molecule has 0 heterocycles. The summed E-state index contributed by atoms with van der Waals surface area (Å²) in [6, 6.07) is 2.21. The number of rotatable bonds is 4. The minimum atomic E-state index is -4.64. The molecule has 1 aromatic rings. The lowest BCUT2D eigenvalue weighted by Gasteiger charge is -2.12. The van der Waals surface area contributed by atoms with Crippen molar-refractivity contribution in [1.82, 2.24) is 5.32 Å². The van der Waals surface area contributed by atoms with Gasteiger partial charge in [0, 0.05) is 18.7 Å². The lowest BCUT2D eigenvalue weighted by molar-refractivity contribution is -0.137. The van der Waals surface area contributed by atoms with Gasteiger partial charge in [0.15, 0.2) is 0 Å². The van der Waals surface area contributed by atoms with Gasteiger partial charge in [-0.25, -0.2) is 0 Å². The maximum atomic E-state index is 12.5. The molecule has 0 spiro atoms. The molecule has 118 valence electrons. The van der Waals surface area contributed by atoms with Crippen molar-refractivity contribution in [3.8, 4) is 0 Å². The normalized spacial score (nSPS) is 12.3. The lowest BCUT2D eigenvalue weighted by Crippen LogP contribution is -2.26. The van der Waals surface area contributed by atoms with Gasteiger partial charge in [0.25, 0.3) is 5.91 Å². The number of nitrogen functional groups attached to an aromatic ring is 1. The van der Waals surface area contributed by atoms with Crippen molar-refractivity contribution in [3.05, 3.63) is 29.3 Å². The van der Waals surface area contributed by atoms with E-state index in [0.29, 0.717) is 6.07 Å². The predicted molar refractivity (Wildman–Crippen MR) is 63.5 cm³/mol. The summed E-state index contributed by atoms with van der Waals surface area (Å²) in [6.07, 6.45) is -10.4. The topological polar surface area (TPSA) is 55.1 Å². The van der Waals surface area contributed by atoms with Crippen LogP contribution in [0.5, 0.6) is 0 Å². The van der Waals surface area contributed by atoms with Crippen LogP contribution in [-0.4, -0.2) is 18.6 Å². The summed E-state index contributed by atoms with van der Waals surface area (Å²) in [7, 11) is 0. The van der Waals surface area contributed by atoms with Crippen molar-refractivity contribution >= 4 is 11.6 Å². The molecule has 3 nitrogen and oxygen atoms in total. The molecule has 3 N–H and O–H groups in total. The highest BCUT2D eigenvalue weighted by Gasteiger charge is 2.31. The largest absolute Gasteiger partial charge is 0.416 e. The molecule has 0 aliphatic carbocycles. The fourth-order valence-corrected chi connectivity index (χ4v) is 1.52. The summed E-state index contributed by atoms with van der Waals surface area (Å²) in [5.74, 6) is -0.944. The second-order valence-corrected chi connectivity index (χ2v) is 4.27. The van der Waals surface area contributed by atoms with Gasteiger partial charge in [0.2, 0.25) is 0 Å². The number of nitrogens with two attached hydrogens (primary N) is 1. The molecule has 9 heteroatoms. The van der Waals surface area contributed by atoms with Gasteiger partial charge in [0.1, 0.15) is 0 Å². The maximum absolute atomic E-state index is 12.5. The number of hydrogen-bond donors (Lipinski definition) is 2. The van der Waals surface area contributed by atoms with E-state index >= 15 is 0 Å². The van der Waals surface area contributed by atoms with E-state index in [4.69, 9.17) is 5.73 Å². The summed E-state index contributed by atoms with van der Waals surface area (Å²) < 4.78 is 73.2. The van der Waals surface area contributed by atoms with E-state index < -0.39 is 35.8 Å². The third-order valence-corrected chi connectivity index (χ3v) is 2.55. The van der Waals surface area contributed by atoms with Crippen LogP contribution in [0, 0.1) is 0 Å². The molecule has 0 saturated carbocycles. The van der Waals surface area contributed by atoms with Crippen LogP contribution in [-0.2, 0) is 6.18 Å². The number of hydrogen-bond acceptors (Lipinski definition) is 2. The van der Waals surface area contributed by atoms with Crippen LogP contribution in [0.1, 0.15) is 28.8 Å². The second-order valence-electron chi connectivity index (χ2n) is 4.27. The first-order chi connectivity index (χ1) is 9.50. The molecular formula is C12H12F6N2O. The highest BCUT2D eigenvalue weighted by atomic mass is 19.4. The van der Waals surface area contributed by atoms with Crippen molar-refractivity contribution in [2.24, 2.45) is 0 Å². The highest BCUT2D eigenvalue weighted by molar-refractivity contribution is 5.99. The van der Waals surface area contributed by atoms with Crippen LogP contribution >= 0.6 is 0 Å². The zero-order valence-electron chi connectivity index (χ0n) is 10.6. The molecular weight excluding hydrogens is 302 g/mol. The number of carbonyl (C=O) groups excluding carboxylic acids is 1. The maximum Gasteiger partial charge on any atom is 0.416 e. The van der Waals surface area contributed by atoms with E-state index in [9.17, 15) is 31.1 Å². The molecule has 1 rings (SSSR count). The number of alkyl halides is 6. The summed E-state index contributed by atoms with van der Waals surface area (Å²) in [5.41, 5.74) is 3.74. The number of benzene rings is 1. The summed E-state index contributed by atoms with van der Waals surface area (Å²) >= 11 is 0. The Morgan fingerprint density at radius 3 is 2.29 bits per heavy atom. The number of amides is 1. The second kappa shape index (κ2) is 6.23. The van der Waals surface area contributed by atoms with Crippen molar-refractivity contribution in [3.63, 3.8) is 0 Å². The first kappa shape index (κ1) is 17.1. The van der Waals surface area contributed by atoms with Gasteiger partial charge in [-0.2, -0.15) is 26.3 Å². The molecule has 0 unspecified atom stereocenters. The summed E-state index contributed by atoms with van der Waals surface area (Å²) in [4.78, 5) is 11.6. The molecule has 0 aromatic heterocycles. The van der Waals surface area contributed by atoms with E-state index in [1.807, 2.05) is 0 Å². The van der Waals surface area contributed by atoms with Crippen LogP contribution < -0.4 is 11.1 Å². The van der Waals surface area contributed by atoms with Crippen LogP contribution in [0.4, 0.5) is 32.0 Å². The zero-order valence-corrected chi connectivity index (χ0v) is 10.6. The summed E-state index contributed by atoms with van der Waals surface area (Å²) in [6.45, 7) is -0.311. The number of nitrogens with one attached hydrogen (secondary N) is 1. The highest BCUT2D eigenvalue weighted by Crippen LogP contribution is 2.31. The fourth-order valence-electron chi connectivity index (χ4n) is 1.52. The van der Waals surface area contributed by atoms with E-state index in [0.717, 1.165) is 12.1 Å². The Kier molecular flexibility index (Phi) is 5.08. The molecule has 1 amide bonds. The number of halogens is 6. The van der Waals surface area contributed by atoms with E-state index in [-0.39, 0.29) is 18.7 Å². The minimum absolute atomic E-state index is 0.184. The molecule has 1 aromatic carbocycles. The van der Waals surface area contributed by atoms with Gasteiger partial charge in [-0.1, -0.05) is 0 Å². The van der Waals surface area contributed by atoms with Crippen molar-refractivity contribution in [2.75, 3.05) is 12.3 Å². The third kappa shape index (κ3) is 5.52. The molecule has 21 heavy (non-hydrogen) atoms. The number of anilines is 1. The molecule has 0 saturated heterocycles. The van der Waals surface area contributed by atoms with E-state index in [1.54, 1.807) is 0 Å². The SMILES string of the molecule is Nc1ccc(C(F)(F)F)cc1C(=O)NCCCC(F)(F)F. The van der Waals surface area contributed by atoms with Gasteiger partial charge in [-0.15, -0.1) is 0 Å². The van der Waals surface area contributed by atoms with Crippen LogP contribution in [0.15, 0.2) is 18.2 Å². The predicted octanol–water partition coefficient (Wildman–Crippen LogP) is 3.36. The van der Waals surface area contributed by atoms with Crippen molar-refractivity contribution in [2.45, 2.75) is 25.2 Å². The average molecular weight is 314 g/mol. The average Bonchev–Trinajstić information content (AvgIpc) is 2.32. The molecule has 0 radical (unpaired) electrons. The minimum Gasteiger partial charge on any atom is -0.398 e. The van der Waals surface area contributed by atoms with E-state index in [2.05, 4.69) is 5.32 Å². The standard InChI is InChI=1S/C12H12F6N2O/c13-11(14,15)4-1-5-20-10(21)8-6-7(12(16,17)18)2-3-9(8)19/h2-3,6H,1,4-5,19H2,(H,20,21). The van der Waals surface area contributed by atoms with Gasteiger partial charge < -0.3 is 11.1 Å². The lowest BCUT2D eigenvalue weighted by atomic mass is 10.1. The third-order valence-electron chi connectivity index (χ3n) is 2.55. The van der Waals surface area contributed by atoms with Gasteiger partial charge in [-0.3, -0.25) is 4.79 Å². The monoisotopic (exact) mass is 314 g/mol. The Morgan fingerprint density at radius 1 is 1.14 bits per heavy atom. The molecule has 0 bridgehead atoms. The number of carbonyl (C=O) groups is 1. The van der Waals surface area contributed by atoms with Gasteiger partial charge in [0.05, 0.1) is 11.1 Å². The Balaban J connectivity index is 2.70. The molecule has 0 aliphatic rings. The Bertz CT molecular complexity index is 509. The summed E-state index contributed by atoms with van der Waals surface area (Å²) in [5, 5.41) is 2.10. The smallest absolute Gasteiger partial charge is 0.398 e. The zero-order chi connectivity index (χ0) is 16.3. The Hall–Kier alpha value is -1.93. The van der Waals surface area contributed by atoms with Crippen LogP contribution in [0.25, 0.3) is 0 Å². The fraction of sp³-hybridized carbons (Fsp3) is 0.417. The van der Waals surface area contributed by atoms with Crippen molar-refractivity contribution in [1.29, 1.82) is 0 Å². The Morgan fingerprint density at radius 2 is 1.76 bits per heavy atom. The first-order valence-electron chi connectivity index (χ1n) is 5.82. The Labute approximate surface area is 116 Å².